The molecule has 0 bridgehead atoms. The second-order valence-electron chi connectivity index (χ2n) is 3.94. The van der Waals surface area contributed by atoms with Gasteiger partial charge in [-0.3, -0.25) is 4.79 Å². The number of hydrogen-bond acceptors (Lipinski definition) is 4. The Morgan fingerprint density at radius 2 is 2.16 bits per heavy atom. The molecule has 0 aliphatic carbocycles. The summed E-state index contributed by atoms with van der Waals surface area (Å²) in [7, 11) is 1.54. The number of esters is 1. The van der Waals surface area contributed by atoms with E-state index in [0.717, 1.165) is 0 Å². The van der Waals surface area contributed by atoms with Gasteiger partial charge in [-0.1, -0.05) is 6.07 Å². The monoisotopic (exact) mass is 325 g/mol. The zero-order chi connectivity index (χ0) is 14.2. The lowest BCUT2D eigenvalue weighted by Crippen LogP contribution is -2.26. The molecule has 0 aliphatic rings. The first kappa shape index (κ1) is 13.6. The quantitative estimate of drug-likeness (QED) is 0.859. The van der Waals surface area contributed by atoms with Gasteiger partial charge in [-0.15, -0.1) is 0 Å². The number of ether oxygens (including phenoxy) is 1. The number of nitrogens with zero attached hydrogens (tertiary/aromatic N) is 1. The molecular formula is C13H12BrNO4. The highest BCUT2D eigenvalue weighted by Gasteiger charge is 2.23. The summed E-state index contributed by atoms with van der Waals surface area (Å²) in [5.41, 5.74) is -0.393. The average molecular weight is 326 g/mol. The van der Waals surface area contributed by atoms with Crippen molar-refractivity contribution >= 4 is 32.8 Å². The molecule has 0 fully saturated rings. The maximum Gasteiger partial charge on any atom is 0.347 e. The van der Waals surface area contributed by atoms with Crippen LogP contribution in [0.1, 0.15) is 17.3 Å². The molecule has 0 saturated heterocycles. The van der Waals surface area contributed by atoms with Crippen LogP contribution in [0, 0.1) is 0 Å². The molecule has 0 unspecified atom stereocenters. The van der Waals surface area contributed by atoms with Crippen LogP contribution in [0.5, 0.6) is 5.75 Å². The molecule has 1 aromatic carbocycles. The third kappa shape index (κ3) is 2.12. The summed E-state index contributed by atoms with van der Waals surface area (Å²) in [6.07, 6.45) is 0. The first-order valence-electron chi connectivity index (χ1n) is 5.66. The summed E-state index contributed by atoms with van der Waals surface area (Å²) >= 11 is 3.30. The van der Waals surface area contributed by atoms with Gasteiger partial charge in [-0.2, -0.15) is 0 Å². The van der Waals surface area contributed by atoms with Gasteiger partial charge in [-0.05, 0) is 35.0 Å². The lowest BCUT2D eigenvalue weighted by Gasteiger charge is -2.12. The van der Waals surface area contributed by atoms with Crippen LogP contribution in [0.3, 0.4) is 0 Å². The standard InChI is InChI=1S/C13H12BrNO4/c1-3-19-13(18)10-11(16)9-7(14)5-4-6-8(9)15(2)12(10)17/h4-6,16H,3H2,1-2H3. The van der Waals surface area contributed by atoms with Crippen molar-refractivity contribution in [2.24, 2.45) is 7.05 Å². The van der Waals surface area contributed by atoms with E-state index in [1.54, 1.807) is 32.2 Å². The SMILES string of the molecule is CCOC(=O)c1c(O)c2c(Br)cccc2n(C)c1=O. The first-order chi connectivity index (χ1) is 8.99. The first-order valence-corrected chi connectivity index (χ1v) is 6.45. The van der Waals surface area contributed by atoms with Crippen LogP contribution >= 0.6 is 15.9 Å². The van der Waals surface area contributed by atoms with Crippen LogP contribution in [0.4, 0.5) is 0 Å². The fraction of sp³-hybridized carbons (Fsp3) is 0.231. The Balaban J connectivity index is 2.91. The van der Waals surface area contributed by atoms with E-state index < -0.39 is 11.5 Å². The number of carbonyl (C=O) groups is 1. The summed E-state index contributed by atoms with van der Waals surface area (Å²) in [5.74, 6) is -1.18. The van der Waals surface area contributed by atoms with Crippen LogP contribution in [-0.2, 0) is 11.8 Å². The van der Waals surface area contributed by atoms with Gasteiger partial charge < -0.3 is 14.4 Å². The molecule has 2 aromatic rings. The molecule has 0 atom stereocenters. The highest BCUT2D eigenvalue weighted by Crippen LogP contribution is 2.32. The minimum absolute atomic E-state index is 0.134. The molecule has 5 nitrogen and oxygen atoms in total. The van der Waals surface area contributed by atoms with E-state index in [0.29, 0.717) is 15.4 Å². The molecule has 0 aliphatic heterocycles. The molecule has 6 heteroatoms. The number of aromatic hydroxyl groups is 1. The van der Waals surface area contributed by atoms with Crippen molar-refractivity contribution in [3.05, 3.63) is 38.6 Å². The van der Waals surface area contributed by atoms with Crippen LogP contribution in [0.2, 0.25) is 0 Å². The van der Waals surface area contributed by atoms with Crippen molar-refractivity contribution in [3.63, 3.8) is 0 Å². The molecular weight excluding hydrogens is 314 g/mol. The third-order valence-corrected chi connectivity index (χ3v) is 3.49. The Hall–Kier alpha value is -1.82. The lowest BCUT2D eigenvalue weighted by atomic mass is 10.1. The Kier molecular flexibility index (Phi) is 3.61. The van der Waals surface area contributed by atoms with Crippen LogP contribution in [0.25, 0.3) is 10.9 Å². The Bertz CT molecular complexity index is 721. The highest BCUT2D eigenvalue weighted by atomic mass is 79.9. The highest BCUT2D eigenvalue weighted by molar-refractivity contribution is 9.10. The lowest BCUT2D eigenvalue weighted by molar-refractivity contribution is 0.0520. The van der Waals surface area contributed by atoms with Crippen molar-refractivity contribution < 1.29 is 14.6 Å². The molecule has 0 saturated carbocycles. The van der Waals surface area contributed by atoms with E-state index in [1.165, 1.54) is 4.57 Å². The fourth-order valence-corrected chi connectivity index (χ4v) is 2.46. The Morgan fingerprint density at radius 3 is 2.79 bits per heavy atom. The van der Waals surface area contributed by atoms with Gasteiger partial charge in [0, 0.05) is 11.5 Å². The predicted octanol–water partition coefficient (Wildman–Crippen LogP) is 2.18. The summed E-state index contributed by atoms with van der Waals surface area (Å²) in [6, 6.07) is 5.16. The van der Waals surface area contributed by atoms with E-state index in [9.17, 15) is 14.7 Å². The minimum atomic E-state index is -0.821. The molecule has 2 rings (SSSR count). The van der Waals surface area contributed by atoms with Gasteiger partial charge in [0.2, 0.25) is 0 Å². The number of benzene rings is 1. The van der Waals surface area contributed by atoms with Crippen molar-refractivity contribution in [3.8, 4) is 5.75 Å². The molecule has 1 heterocycles. The second kappa shape index (κ2) is 5.05. The van der Waals surface area contributed by atoms with Crippen LogP contribution < -0.4 is 5.56 Å². The van der Waals surface area contributed by atoms with Gasteiger partial charge >= 0.3 is 5.97 Å². The molecule has 1 aromatic heterocycles. The smallest absolute Gasteiger partial charge is 0.347 e. The largest absolute Gasteiger partial charge is 0.506 e. The number of rotatable bonds is 2. The number of carbonyl (C=O) groups excluding carboxylic acids is 1. The van der Waals surface area contributed by atoms with E-state index in [4.69, 9.17) is 4.74 Å². The topological polar surface area (TPSA) is 68.5 Å². The van der Waals surface area contributed by atoms with E-state index in [1.807, 2.05) is 0 Å². The molecule has 1 N–H and O–H groups in total. The van der Waals surface area contributed by atoms with Gasteiger partial charge in [0.25, 0.3) is 5.56 Å². The maximum atomic E-state index is 12.1. The summed E-state index contributed by atoms with van der Waals surface area (Å²) < 4.78 is 6.72. The number of aryl methyl sites for hydroxylation is 1. The van der Waals surface area contributed by atoms with E-state index >= 15 is 0 Å². The average Bonchev–Trinajstić information content (AvgIpc) is 2.36. The van der Waals surface area contributed by atoms with Crippen molar-refractivity contribution in [2.45, 2.75) is 6.92 Å². The minimum Gasteiger partial charge on any atom is -0.506 e. The van der Waals surface area contributed by atoms with E-state index in [-0.39, 0.29) is 17.9 Å². The Labute approximate surface area is 117 Å². The molecule has 100 valence electrons. The van der Waals surface area contributed by atoms with Crippen molar-refractivity contribution in [1.82, 2.24) is 4.57 Å². The Morgan fingerprint density at radius 1 is 1.47 bits per heavy atom. The summed E-state index contributed by atoms with van der Waals surface area (Å²) in [4.78, 5) is 23.9. The molecule has 0 spiro atoms. The van der Waals surface area contributed by atoms with Crippen LogP contribution in [0.15, 0.2) is 27.5 Å². The number of halogens is 1. The second-order valence-corrected chi connectivity index (χ2v) is 4.80. The number of hydrogen-bond donors (Lipinski definition) is 1. The van der Waals surface area contributed by atoms with Gasteiger partial charge in [-0.25, -0.2) is 4.79 Å². The zero-order valence-electron chi connectivity index (χ0n) is 10.4. The number of aromatic nitrogens is 1. The number of fused-ring (bicyclic) bond motifs is 1. The van der Waals surface area contributed by atoms with Gasteiger partial charge in [0.05, 0.1) is 17.5 Å². The predicted molar refractivity (Wildman–Crippen MR) is 74.5 cm³/mol. The zero-order valence-corrected chi connectivity index (χ0v) is 12.0. The van der Waals surface area contributed by atoms with E-state index in [2.05, 4.69) is 15.9 Å². The fourth-order valence-electron chi connectivity index (χ4n) is 1.92. The normalized spacial score (nSPS) is 10.7. The van der Waals surface area contributed by atoms with Gasteiger partial charge in [0.15, 0.2) is 5.56 Å². The summed E-state index contributed by atoms with van der Waals surface area (Å²) in [6.45, 7) is 1.77. The third-order valence-electron chi connectivity index (χ3n) is 2.82. The summed E-state index contributed by atoms with van der Waals surface area (Å²) in [5, 5.41) is 10.6. The van der Waals surface area contributed by atoms with Gasteiger partial charge in [0.1, 0.15) is 5.75 Å². The maximum absolute atomic E-state index is 12.1. The molecule has 0 amide bonds. The van der Waals surface area contributed by atoms with Crippen LogP contribution in [-0.4, -0.2) is 22.2 Å². The van der Waals surface area contributed by atoms with Crippen molar-refractivity contribution in [2.75, 3.05) is 6.61 Å². The molecule has 0 radical (unpaired) electrons. The number of pyridine rings is 1. The molecule has 19 heavy (non-hydrogen) atoms. The van der Waals surface area contributed by atoms with Crippen molar-refractivity contribution in [1.29, 1.82) is 0 Å².